The minimum absolute atomic E-state index is 0.286. The van der Waals surface area contributed by atoms with Crippen molar-refractivity contribution in [2.24, 2.45) is 0 Å². The maximum atomic E-state index is 7.05. The summed E-state index contributed by atoms with van der Waals surface area (Å²) in [5.41, 5.74) is 2.20. The van der Waals surface area contributed by atoms with Crippen LogP contribution in [0.1, 0.15) is 11.1 Å². The van der Waals surface area contributed by atoms with Gasteiger partial charge in [-0.1, -0.05) is 0 Å². The van der Waals surface area contributed by atoms with Crippen LogP contribution < -0.4 is 13.2 Å². The molecule has 0 aromatic heterocycles. The zero-order valence-electron chi connectivity index (χ0n) is 23.8. The predicted molar refractivity (Wildman–Crippen MR) is 170 cm³/mol. The molecule has 0 unspecified atom stereocenters. The van der Waals surface area contributed by atoms with Crippen LogP contribution in [0, 0.1) is 0 Å². The molecule has 5 aromatic rings. The van der Waals surface area contributed by atoms with E-state index in [1.807, 2.05) is 36.4 Å². The Bertz CT molecular complexity index is 1400. The van der Waals surface area contributed by atoms with Gasteiger partial charge in [-0.05, 0) is 0 Å². The van der Waals surface area contributed by atoms with Crippen molar-refractivity contribution < 1.29 is 18.9 Å². The topological polar surface area (TPSA) is 36.9 Å². The third-order valence-electron chi connectivity index (χ3n) is 8.09. The Morgan fingerprint density at radius 3 is 1.24 bits per heavy atom. The molecule has 5 aromatic carbocycles. The zero-order chi connectivity index (χ0) is 28.6. The van der Waals surface area contributed by atoms with Gasteiger partial charge in [0.1, 0.15) is 0 Å². The van der Waals surface area contributed by atoms with Crippen LogP contribution in [0.5, 0.6) is 0 Å². The van der Waals surface area contributed by atoms with Gasteiger partial charge in [-0.15, -0.1) is 0 Å². The van der Waals surface area contributed by atoms with Gasteiger partial charge in [0, 0.05) is 0 Å². The van der Waals surface area contributed by atoms with Gasteiger partial charge in [-0.25, -0.2) is 0 Å². The van der Waals surface area contributed by atoms with E-state index in [0.29, 0.717) is 13.2 Å². The van der Waals surface area contributed by atoms with Gasteiger partial charge in [0.2, 0.25) is 0 Å². The molecule has 6 rings (SSSR count). The van der Waals surface area contributed by atoms with Crippen molar-refractivity contribution in [1.29, 1.82) is 0 Å². The Morgan fingerprint density at radius 2 is 0.857 bits per heavy atom. The standard InChI is InChI=1S/C37H36GeO4/c1-39-37-35(41-28-30-19-9-3-10-20-30)34(40-27-29-17-7-2-8-18-29)36(42-37)38(31-21-11-4-12-22-31,32-23-13-5-14-24-32)33-25-15-6-16-26-33/h2-26,34-37H,27-28H2,1H3/t34-,35+,36-,37+/m0/s1. The van der Waals surface area contributed by atoms with Gasteiger partial charge in [-0.2, -0.15) is 0 Å². The number of hydrogen-bond donors (Lipinski definition) is 0. The first-order chi connectivity index (χ1) is 20.8. The van der Waals surface area contributed by atoms with E-state index in [9.17, 15) is 0 Å². The second-order valence-corrected chi connectivity index (χ2v) is 18.8. The molecular formula is C37H36GeO4. The average Bonchev–Trinajstić information content (AvgIpc) is 3.43. The summed E-state index contributed by atoms with van der Waals surface area (Å²) in [6.07, 6.45) is -1.38. The van der Waals surface area contributed by atoms with E-state index < -0.39 is 25.7 Å². The molecule has 0 aliphatic carbocycles. The quantitative estimate of drug-likeness (QED) is 0.190. The summed E-state index contributed by atoms with van der Waals surface area (Å²) in [5.74, 6) is 0. The van der Waals surface area contributed by atoms with E-state index >= 15 is 0 Å². The van der Waals surface area contributed by atoms with E-state index in [1.54, 1.807) is 7.11 Å². The third-order valence-corrected chi connectivity index (χ3v) is 18.7. The first-order valence-corrected chi connectivity index (χ1v) is 18.8. The van der Waals surface area contributed by atoms with Gasteiger partial charge >= 0.3 is 252 Å². The molecule has 4 atom stereocenters. The Labute approximate surface area is 251 Å². The Morgan fingerprint density at radius 1 is 0.500 bits per heavy atom. The number of benzene rings is 5. The summed E-state index contributed by atoms with van der Waals surface area (Å²) in [6.45, 7) is 0.887. The molecule has 0 spiro atoms. The Balaban J connectivity index is 1.50. The molecule has 0 radical (unpaired) electrons. The molecule has 1 aliphatic rings. The fourth-order valence-electron chi connectivity index (χ4n) is 6.15. The number of ether oxygens (including phenoxy) is 4. The van der Waals surface area contributed by atoms with E-state index in [2.05, 4.69) is 115 Å². The fourth-order valence-corrected chi connectivity index (χ4v) is 17.2. The van der Waals surface area contributed by atoms with Crippen LogP contribution in [0.4, 0.5) is 0 Å². The molecule has 0 amide bonds. The molecule has 5 heteroatoms. The summed E-state index contributed by atoms with van der Waals surface area (Å²) in [7, 11) is 1.70. The average molecular weight is 617 g/mol. The normalized spacial score (nSPS) is 20.4. The molecule has 4 nitrogen and oxygen atoms in total. The summed E-state index contributed by atoms with van der Waals surface area (Å²) < 4.78 is 30.6. The van der Waals surface area contributed by atoms with Gasteiger partial charge in [0.05, 0.1) is 0 Å². The summed E-state index contributed by atoms with van der Waals surface area (Å²) in [5, 5.41) is 0. The fraction of sp³-hybridized carbons (Fsp3) is 0.189. The number of methoxy groups -OCH3 is 1. The Hall–Kier alpha value is -3.52. The van der Waals surface area contributed by atoms with Crippen molar-refractivity contribution in [3.05, 3.63) is 163 Å². The summed E-state index contributed by atoms with van der Waals surface area (Å²) in [4.78, 5) is -0.286. The van der Waals surface area contributed by atoms with Crippen molar-refractivity contribution in [1.82, 2.24) is 0 Å². The first kappa shape index (κ1) is 28.6. The summed E-state index contributed by atoms with van der Waals surface area (Å²) in [6, 6.07) is 53.1. The molecule has 0 bridgehead atoms. The van der Waals surface area contributed by atoms with E-state index in [0.717, 1.165) is 11.1 Å². The van der Waals surface area contributed by atoms with Crippen LogP contribution in [0.25, 0.3) is 0 Å². The molecule has 0 saturated carbocycles. The van der Waals surface area contributed by atoms with Gasteiger partial charge in [-0.3, -0.25) is 0 Å². The second-order valence-electron chi connectivity index (χ2n) is 10.6. The predicted octanol–water partition coefficient (Wildman–Crippen LogP) is 5.24. The van der Waals surface area contributed by atoms with Crippen LogP contribution in [0.15, 0.2) is 152 Å². The van der Waals surface area contributed by atoms with Crippen LogP contribution in [-0.4, -0.2) is 43.8 Å². The molecule has 1 saturated heterocycles. The Kier molecular flexibility index (Phi) is 9.29. The van der Waals surface area contributed by atoms with Crippen molar-refractivity contribution in [2.75, 3.05) is 7.11 Å². The monoisotopic (exact) mass is 618 g/mol. The molecular weight excluding hydrogens is 581 g/mol. The van der Waals surface area contributed by atoms with Crippen LogP contribution in [-0.2, 0) is 32.2 Å². The van der Waals surface area contributed by atoms with E-state index in [4.69, 9.17) is 18.9 Å². The zero-order valence-corrected chi connectivity index (χ0v) is 25.9. The molecule has 1 fully saturated rings. The SMILES string of the molecule is CO[C@@H]1O[C@H]([Ge]([c]2ccccc2)([c]2ccccc2)[c]2ccccc2)[C@@H](OCc2ccccc2)[C@H]1OCc1ccccc1. The number of rotatable bonds is 11. The molecule has 212 valence electrons. The van der Waals surface area contributed by atoms with Crippen molar-refractivity contribution in [3.8, 4) is 0 Å². The summed E-state index contributed by atoms with van der Waals surface area (Å²) >= 11 is -3.67. The van der Waals surface area contributed by atoms with Gasteiger partial charge in [0.15, 0.2) is 0 Å². The van der Waals surface area contributed by atoms with Crippen molar-refractivity contribution in [2.45, 2.75) is 36.6 Å². The molecule has 0 N–H and O–H groups in total. The van der Waals surface area contributed by atoms with Crippen LogP contribution in [0.2, 0.25) is 0 Å². The maximum absolute atomic E-state index is 7.05. The molecule has 42 heavy (non-hydrogen) atoms. The molecule has 1 aliphatic heterocycles. The van der Waals surface area contributed by atoms with Gasteiger partial charge in [0.25, 0.3) is 0 Å². The minimum atomic E-state index is -3.67. The van der Waals surface area contributed by atoms with Crippen molar-refractivity contribution >= 4 is 26.5 Å². The van der Waals surface area contributed by atoms with Gasteiger partial charge < -0.3 is 0 Å². The first-order valence-electron chi connectivity index (χ1n) is 14.5. The van der Waals surface area contributed by atoms with E-state index in [1.165, 1.54) is 13.2 Å². The van der Waals surface area contributed by atoms with Crippen LogP contribution >= 0.6 is 0 Å². The van der Waals surface area contributed by atoms with E-state index in [-0.39, 0.29) is 11.0 Å². The molecule has 1 heterocycles. The second kappa shape index (κ2) is 13.6. The third kappa shape index (κ3) is 5.87. The van der Waals surface area contributed by atoms with Crippen molar-refractivity contribution in [3.63, 3.8) is 0 Å². The van der Waals surface area contributed by atoms with Crippen LogP contribution in [0.3, 0.4) is 0 Å². The number of hydrogen-bond acceptors (Lipinski definition) is 4.